The Kier molecular flexibility index (Phi) is 6.34. The van der Waals surface area contributed by atoms with Gasteiger partial charge in [0.25, 0.3) is 0 Å². The predicted octanol–water partition coefficient (Wildman–Crippen LogP) is 5.54. The second-order valence-electron chi connectivity index (χ2n) is 8.40. The van der Waals surface area contributed by atoms with Crippen LogP contribution in [-0.2, 0) is 0 Å². The molecule has 2 aromatic rings. The van der Waals surface area contributed by atoms with E-state index in [2.05, 4.69) is 74.1 Å². The zero-order chi connectivity index (χ0) is 19.2. The van der Waals surface area contributed by atoms with E-state index in [0.29, 0.717) is 0 Å². The van der Waals surface area contributed by atoms with E-state index >= 15 is 0 Å². The Morgan fingerprint density at radius 1 is 0.423 bits per heavy atom. The van der Waals surface area contributed by atoms with Gasteiger partial charge in [-0.1, -0.05) is 63.0 Å². The van der Waals surface area contributed by atoms with Crippen LogP contribution in [0.5, 0.6) is 0 Å². The Hall–Kier alpha value is -2.45. The van der Waals surface area contributed by atoms with Crippen molar-refractivity contribution in [1.29, 1.82) is 0 Å². The van der Waals surface area contributed by atoms with Gasteiger partial charge in [-0.05, 0) is 48.5 Å². The first-order valence-corrected chi connectivity index (χ1v) is 15.9. The second-order valence-corrected chi connectivity index (χ2v) is 17.9. The zero-order valence-electron chi connectivity index (χ0n) is 16.6. The summed E-state index contributed by atoms with van der Waals surface area (Å²) in [6.45, 7) is 13.5. The molecule has 0 saturated heterocycles. The third kappa shape index (κ3) is 7.63. The van der Waals surface area contributed by atoms with E-state index in [1.54, 1.807) is 0 Å². The lowest BCUT2D eigenvalue weighted by molar-refractivity contribution is 1.58. The minimum atomic E-state index is -1.33. The molecule has 130 valence electrons. The molecule has 0 aliphatic carbocycles. The molecule has 2 aromatic carbocycles. The molecule has 0 atom stereocenters. The van der Waals surface area contributed by atoms with Crippen molar-refractivity contribution in [3.8, 4) is 34.8 Å². The highest BCUT2D eigenvalue weighted by Gasteiger charge is 2.07. The quantitative estimate of drug-likeness (QED) is 0.422. The first-order chi connectivity index (χ1) is 12.1. The molecule has 2 rings (SSSR count). The topological polar surface area (TPSA) is 0 Å². The third-order valence-electron chi connectivity index (χ3n) is 3.28. The van der Waals surface area contributed by atoms with E-state index < -0.39 is 16.1 Å². The van der Waals surface area contributed by atoms with Crippen LogP contribution in [0.3, 0.4) is 0 Å². The molecule has 0 radical (unpaired) electrons. The smallest absolute Gasteiger partial charge is 0.127 e. The lowest BCUT2D eigenvalue weighted by Gasteiger charge is -2.03. The van der Waals surface area contributed by atoms with Crippen LogP contribution in [-0.4, -0.2) is 16.1 Å². The largest absolute Gasteiger partial charge is 0.129 e. The summed E-state index contributed by atoms with van der Waals surface area (Å²) >= 11 is 0. The van der Waals surface area contributed by atoms with E-state index in [-0.39, 0.29) is 0 Å². The highest BCUT2D eigenvalue weighted by molar-refractivity contribution is 6.84. The first-order valence-electron chi connectivity index (χ1n) is 8.89. The van der Waals surface area contributed by atoms with Crippen LogP contribution in [0.25, 0.3) is 0 Å². The van der Waals surface area contributed by atoms with Gasteiger partial charge in [0.15, 0.2) is 0 Å². The number of hydrogen-bond acceptors (Lipinski definition) is 0. The highest BCUT2D eigenvalue weighted by Crippen LogP contribution is 2.06. The SMILES string of the molecule is C[Si](C)(C)C#Cc1ccc(C#Cc2ccc(C#C[Si](C)(C)C)cc2)cc1. The molecule has 26 heavy (non-hydrogen) atoms. The Morgan fingerprint density at radius 2 is 0.654 bits per heavy atom. The van der Waals surface area contributed by atoms with Crippen molar-refractivity contribution in [2.75, 3.05) is 0 Å². The maximum absolute atomic E-state index is 3.38. The molecule has 2 heteroatoms. The van der Waals surface area contributed by atoms with Crippen molar-refractivity contribution in [3.05, 3.63) is 70.8 Å². The minimum absolute atomic E-state index is 1.01. The van der Waals surface area contributed by atoms with Gasteiger partial charge in [0.2, 0.25) is 0 Å². The van der Waals surface area contributed by atoms with E-state index in [0.717, 1.165) is 22.3 Å². The summed E-state index contributed by atoms with van der Waals surface area (Å²) in [7, 11) is -2.66. The Morgan fingerprint density at radius 3 is 0.885 bits per heavy atom. The fourth-order valence-corrected chi connectivity index (χ4v) is 2.98. The van der Waals surface area contributed by atoms with Crippen LogP contribution in [0.2, 0.25) is 39.3 Å². The lowest BCUT2D eigenvalue weighted by Crippen LogP contribution is -2.16. The third-order valence-corrected chi connectivity index (χ3v) is 5.03. The van der Waals surface area contributed by atoms with Gasteiger partial charge >= 0.3 is 0 Å². The average molecular weight is 371 g/mol. The monoisotopic (exact) mass is 370 g/mol. The van der Waals surface area contributed by atoms with E-state index in [1.807, 2.05) is 48.5 Å². The molecule has 0 N–H and O–H groups in total. The van der Waals surface area contributed by atoms with Crippen LogP contribution in [0.15, 0.2) is 48.5 Å². The van der Waals surface area contributed by atoms with Gasteiger partial charge in [-0.15, -0.1) is 11.1 Å². The molecule has 0 aliphatic rings. The van der Waals surface area contributed by atoms with Gasteiger partial charge < -0.3 is 0 Å². The minimum Gasteiger partial charge on any atom is -0.127 e. The Bertz CT molecular complexity index is 853. The maximum Gasteiger partial charge on any atom is 0.129 e. The molecule has 0 spiro atoms. The molecule has 0 saturated carbocycles. The maximum atomic E-state index is 3.38. The first kappa shape index (κ1) is 19.9. The predicted molar refractivity (Wildman–Crippen MR) is 119 cm³/mol. The van der Waals surface area contributed by atoms with Crippen LogP contribution < -0.4 is 0 Å². The summed E-state index contributed by atoms with van der Waals surface area (Å²) in [6, 6.07) is 16.3. The average Bonchev–Trinajstić information content (AvgIpc) is 2.57. The number of rotatable bonds is 0. The van der Waals surface area contributed by atoms with Crippen molar-refractivity contribution in [2.24, 2.45) is 0 Å². The standard InChI is InChI=1S/C24H26Si2/c1-25(2,3)19-17-23-13-9-21(10-14-23)7-8-22-11-15-24(16-12-22)18-20-26(4,5)6/h9-16H,1-6H3. The molecule has 0 aromatic heterocycles. The van der Waals surface area contributed by atoms with E-state index in [9.17, 15) is 0 Å². The number of benzene rings is 2. The molecule has 0 bridgehead atoms. The van der Waals surface area contributed by atoms with Gasteiger partial charge in [0.1, 0.15) is 16.1 Å². The molecular weight excluding hydrogens is 344 g/mol. The Labute approximate surface area is 161 Å². The lowest BCUT2D eigenvalue weighted by atomic mass is 10.1. The summed E-state index contributed by atoms with van der Waals surface area (Å²) in [6.07, 6.45) is 0. The molecule has 0 heterocycles. The summed E-state index contributed by atoms with van der Waals surface area (Å²) in [5, 5.41) is 0. The van der Waals surface area contributed by atoms with Crippen LogP contribution in [0.4, 0.5) is 0 Å². The molecule has 0 aliphatic heterocycles. The molecule has 0 amide bonds. The van der Waals surface area contributed by atoms with Crippen LogP contribution in [0.1, 0.15) is 22.3 Å². The van der Waals surface area contributed by atoms with Crippen LogP contribution in [0, 0.1) is 34.8 Å². The summed E-state index contributed by atoms with van der Waals surface area (Å²) in [5.74, 6) is 13.0. The molecule has 0 nitrogen and oxygen atoms in total. The van der Waals surface area contributed by atoms with Gasteiger partial charge in [0, 0.05) is 22.3 Å². The van der Waals surface area contributed by atoms with E-state index in [4.69, 9.17) is 0 Å². The van der Waals surface area contributed by atoms with Gasteiger partial charge in [0.05, 0.1) is 0 Å². The summed E-state index contributed by atoms with van der Waals surface area (Å²) in [5.41, 5.74) is 10.9. The highest BCUT2D eigenvalue weighted by atomic mass is 28.3. The number of hydrogen-bond donors (Lipinski definition) is 0. The normalized spacial score (nSPS) is 10.5. The van der Waals surface area contributed by atoms with Gasteiger partial charge in [-0.2, -0.15) is 0 Å². The molecule has 0 unspecified atom stereocenters. The van der Waals surface area contributed by atoms with Crippen LogP contribution >= 0.6 is 0 Å². The fraction of sp³-hybridized carbons (Fsp3) is 0.250. The van der Waals surface area contributed by atoms with Gasteiger partial charge in [-0.25, -0.2) is 0 Å². The van der Waals surface area contributed by atoms with Gasteiger partial charge in [-0.3, -0.25) is 0 Å². The Balaban J connectivity index is 2.09. The summed E-state index contributed by atoms with van der Waals surface area (Å²) in [4.78, 5) is 0. The van der Waals surface area contributed by atoms with Crippen molar-refractivity contribution in [3.63, 3.8) is 0 Å². The van der Waals surface area contributed by atoms with Crippen molar-refractivity contribution in [1.82, 2.24) is 0 Å². The van der Waals surface area contributed by atoms with Crippen molar-refractivity contribution in [2.45, 2.75) is 39.3 Å². The molecule has 0 fully saturated rings. The van der Waals surface area contributed by atoms with Crippen molar-refractivity contribution >= 4 is 16.1 Å². The second kappa shape index (κ2) is 8.29. The summed E-state index contributed by atoms with van der Waals surface area (Å²) < 4.78 is 0. The fourth-order valence-electron chi connectivity index (χ4n) is 1.94. The van der Waals surface area contributed by atoms with Crippen molar-refractivity contribution < 1.29 is 0 Å². The van der Waals surface area contributed by atoms with E-state index in [1.165, 1.54) is 0 Å². The molecular formula is C24H26Si2. The zero-order valence-corrected chi connectivity index (χ0v) is 18.6.